The standard InChI is InChI=1S/C30H23Br2N3O5/c1-18-6-8-19(9-7-18)28(36)34-24-5-3-4-21(15-24)29(37)35-33-17-22-14-23(31)16-26(32)27(22)40-30(38)20-10-12-25(39-2)13-11-20/h3-17H,1-2H3,(H,34,36)(H,35,37). The van der Waals surface area contributed by atoms with Crippen LogP contribution in [0.3, 0.4) is 0 Å². The topological polar surface area (TPSA) is 106 Å². The van der Waals surface area contributed by atoms with Gasteiger partial charge < -0.3 is 14.8 Å². The van der Waals surface area contributed by atoms with Crippen LogP contribution in [0.1, 0.15) is 42.2 Å². The summed E-state index contributed by atoms with van der Waals surface area (Å²) >= 11 is 6.83. The minimum atomic E-state index is -0.575. The highest BCUT2D eigenvalue weighted by atomic mass is 79.9. The number of carbonyl (C=O) groups is 3. The molecule has 4 aromatic rings. The van der Waals surface area contributed by atoms with E-state index >= 15 is 0 Å². The molecule has 8 nitrogen and oxygen atoms in total. The van der Waals surface area contributed by atoms with Gasteiger partial charge in [-0.3, -0.25) is 9.59 Å². The summed E-state index contributed by atoms with van der Waals surface area (Å²) in [7, 11) is 1.54. The summed E-state index contributed by atoms with van der Waals surface area (Å²) in [6.07, 6.45) is 1.37. The third-order valence-electron chi connectivity index (χ3n) is 5.62. The van der Waals surface area contributed by atoms with Gasteiger partial charge in [-0.15, -0.1) is 0 Å². The van der Waals surface area contributed by atoms with Gasteiger partial charge in [0.2, 0.25) is 0 Å². The van der Waals surface area contributed by atoms with E-state index in [0.29, 0.717) is 42.6 Å². The number of esters is 1. The van der Waals surface area contributed by atoms with Crippen LogP contribution in [0.25, 0.3) is 0 Å². The number of nitrogens with zero attached hydrogens (tertiary/aromatic N) is 1. The highest BCUT2D eigenvalue weighted by molar-refractivity contribution is 9.11. The number of aryl methyl sites for hydroxylation is 1. The monoisotopic (exact) mass is 663 g/mol. The van der Waals surface area contributed by atoms with Crippen molar-refractivity contribution in [2.24, 2.45) is 5.10 Å². The van der Waals surface area contributed by atoms with Gasteiger partial charge in [0.15, 0.2) is 5.75 Å². The fourth-order valence-corrected chi connectivity index (χ4v) is 4.87. The predicted octanol–water partition coefficient (Wildman–Crippen LogP) is 6.76. The van der Waals surface area contributed by atoms with Gasteiger partial charge in [0.1, 0.15) is 5.75 Å². The lowest BCUT2D eigenvalue weighted by Gasteiger charge is -2.11. The third-order valence-corrected chi connectivity index (χ3v) is 6.67. The molecule has 4 rings (SSSR count). The molecule has 10 heteroatoms. The summed E-state index contributed by atoms with van der Waals surface area (Å²) in [6.45, 7) is 1.94. The number of hydrogen-bond acceptors (Lipinski definition) is 6. The Balaban J connectivity index is 1.45. The first-order chi connectivity index (χ1) is 19.2. The van der Waals surface area contributed by atoms with Crippen LogP contribution in [0, 0.1) is 6.92 Å². The van der Waals surface area contributed by atoms with Crippen molar-refractivity contribution in [3.05, 3.63) is 122 Å². The summed E-state index contributed by atoms with van der Waals surface area (Å²) in [5.74, 6) is -0.512. The van der Waals surface area contributed by atoms with Crippen LogP contribution in [0.4, 0.5) is 5.69 Å². The Labute approximate surface area is 247 Å². The molecule has 0 radical (unpaired) electrons. The molecule has 4 aromatic carbocycles. The van der Waals surface area contributed by atoms with E-state index in [1.165, 1.54) is 13.3 Å². The van der Waals surface area contributed by atoms with Crippen molar-refractivity contribution in [1.29, 1.82) is 0 Å². The predicted molar refractivity (Wildman–Crippen MR) is 160 cm³/mol. The fourth-order valence-electron chi connectivity index (χ4n) is 3.53. The molecule has 202 valence electrons. The van der Waals surface area contributed by atoms with Gasteiger partial charge in [-0.1, -0.05) is 39.7 Å². The number of hydrazone groups is 1. The van der Waals surface area contributed by atoms with E-state index in [9.17, 15) is 14.4 Å². The highest BCUT2D eigenvalue weighted by Crippen LogP contribution is 2.33. The lowest BCUT2D eigenvalue weighted by molar-refractivity contribution is 0.0732. The fraction of sp³-hybridized carbons (Fsp3) is 0.0667. The van der Waals surface area contributed by atoms with Crippen molar-refractivity contribution >= 4 is 61.5 Å². The second kappa shape index (κ2) is 13.2. The van der Waals surface area contributed by atoms with Crippen molar-refractivity contribution in [3.63, 3.8) is 0 Å². The Hall–Kier alpha value is -4.28. The van der Waals surface area contributed by atoms with E-state index < -0.39 is 11.9 Å². The number of ether oxygens (including phenoxy) is 2. The molecule has 2 amide bonds. The number of hydrogen-bond donors (Lipinski definition) is 2. The zero-order chi connectivity index (χ0) is 28.6. The summed E-state index contributed by atoms with van der Waals surface area (Å²) in [5, 5.41) is 6.84. The zero-order valence-corrected chi connectivity index (χ0v) is 24.6. The van der Waals surface area contributed by atoms with Crippen LogP contribution in [0.2, 0.25) is 0 Å². The highest BCUT2D eigenvalue weighted by Gasteiger charge is 2.16. The molecular formula is C30H23Br2N3O5. The van der Waals surface area contributed by atoms with Gasteiger partial charge in [-0.2, -0.15) is 5.10 Å². The minimum absolute atomic E-state index is 0.225. The molecule has 0 atom stereocenters. The van der Waals surface area contributed by atoms with Gasteiger partial charge in [0, 0.05) is 26.9 Å². The van der Waals surface area contributed by atoms with Gasteiger partial charge in [0.05, 0.1) is 23.4 Å². The molecule has 0 fully saturated rings. The molecule has 40 heavy (non-hydrogen) atoms. The largest absolute Gasteiger partial charge is 0.497 e. The van der Waals surface area contributed by atoms with Crippen molar-refractivity contribution in [3.8, 4) is 11.5 Å². The van der Waals surface area contributed by atoms with Crippen molar-refractivity contribution in [1.82, 2.24) is 5.43 Å². The normalized spacial score (nSPS) is 10.7. The first kappa shape index (κ1) is 28.7. The summed E-state index contributed by atoms with van der Waals surface area (Å²) < 4.78 is 12.0. The average molecular weight is 665 g/mol. The third kappa shape index (κ3) is 7.43. The smallest absolute Gasteiger partial charge is 0.343 e. The zero-order valence-electron chi connectivity index (χ0n) is 21.4. The molecule has 0 aliphatic carbocycles. The Kier molecular flexibility index (Phi) is 9.47. The molecule has 0 bridgehead atoms. The van der Waals surface area contributed by atoms with E-state index in [4.69, 9.17) is 9.47 Å². The molecule has 0 aromatic heterocycles. The van der Waals surface area contributed by atoms with Gasteiger partial charge in [-0.05, 0) is 89.6 Å². The Morgan fingerprint density at radius 2 is 1.52 bits per heavy atom. The minimum Gasteiger partial charge on any atom is -0.497 e. The maximum atomic E-state index is 12.8. The number of carbonyl (C=O) groups excluding carboxylic acids is 3. The van der Waals surface area contributed by atoms with Crippen molar-refractivity contribution in [2.75, 3.05) is 12.4 Å². The average Bonchev–Trinajstić information content (AvgIpc) is 2.95. The molecule has 0 spiro atoms. The van der Waals surface area contributed by atoms with Gasteiger partial charge in [0.25, 0.3) is 11.8 Å². The van der Waals surface area contributed by atoms with Gasteiger partial charge in [-0.25, -0.2) is 10.2 Å². The molecule has 2 N–H and O–H groups in total. The van der Waals surface area contributed by atoms with Crippen molar-refractivity contribution < 1.29 is 23.9 Å². The first-order valence-corrected chi connectivity index (χ1v) is 13.5. The van der Waals surface area contributed by atoms with E-state index in [1.807, 2.05) is 19.1 Å². The quantitative estimate of drug-likeness (QED) is 0.0937. The van der Waals surface area contributed by atoms with Crippen LogP contribution in [-0.4, -0.2) is 31.1 Å². The van der Waals surface area contributed by atoms with E-state index in [2.05, 4.69) is 47.7 Å². The molecule has 0 aliphatic heterocycles. The number of amides is 2. The number of anilines is 1. The Bertz CT molecular complexity index is 1590. The number of rotatable bonds is 8. The molecule has 0 aliphatic rings. The second-order valence-corrected chi connectivity index (χ2v) is 10.3. The summed E-state index contributed by atoms with van der Waals surface area (Å²) in [4.78, 5) is 38.0. The Morgan fingerprint density at radius 3 is 2.23 bits per heavy atom. The molecule has 0 saturated heterocycles. The van der Waals surface area contributed by atoms with Gasteiger partial charge >= 0.3 is 5.97 Å². The summed E-state index contributed by atoms with van der Waals surface area (Å²) in [6, 6.07) is 23.6. The van der Waals surface area contributed by atoms with E-state index in [-0.39, 0.29) is 11.7 Å². The second-order valence-electron chi connectivity index (χ2n) is 8.52. The Morgan fingerprint density at radius 1 is 0.825 bits per heavy atom. The molecule has 0 saturated carbocycles. The first-order valence-electron chi connectivity index (χ1n) is 11.9. The number of benzene rings is 4. The number of methoxy groups -OCH3 is 1. The summed E-state index contributed by atoms with van der Waals surface area (Å²) in [5.41, 5.74) is 5.54. The van der Waals surface area contributed by atoms with Crippen molar-refractivity contribution in [2.45, 2.75) is 6.92 Å². The lowest BCUT2D eigenvalue weighted by atomic mass is 10.1. The lowest BCUT2D eigenvalue weighted by Crippen LogP contribution is -2.18. The SMILES string of the molecule is COc1ccc(C(=O)Oc2c(Br)cc(Br)cc2C=NNC(=O)c2cccc(NC(=O)c3ccc(C)cc3)c2)cc1. The van der Waals surface area contributed by atoms with Crippen LogP contribution < -0.4 is 20.2 Å². The van der Waals surface area contributed by atoms with E-state index in [1.54, 1.807) is 72.8 Å². The number of halogens is 2. The molecule has 0 heterocycles. The maximum absolute atomic E-state index is 12.8. The van der Waals surface area contributed by atoms with E-state index in [0.717, 1.165) is 5.56 Å². The molecule has 0 unspecified atom stereocenters. The maximum Gasteiger partial charge on any atom is 0.343 e. The van der Waals surface area contributed by atoms with Crippen LogP contribution >= 0.6 is 31.9 Å². The van der Waals surface area contributed by atoms with Crippen LogP contribution in [-0.2, 0) is 0 Å². The van der Waals surface area contributed by atoms with Crippen LogP contribution in [0.5, 0.6) is 11.5 Å². The van der Waals surface area contributed by atoms with Crippen LogP contribution in [0.15, 0.2) is 99.0 Å². The number of nitrogens with one attached hydrogen (secondary N) is 2. The molecular weight excluding hydrogens is 642 g/mol.